The van der Waals surface area contributed by atoms with Crippen LogP contribution in [0.2, 0.25) is 0 Å². The van der Waals surface area contributed by atoms with Crippen LogP contribution in [-0.2, 0) is 11.2 Å². The molecule has 146 valence electrons. The molecule has 1 saturated heterocycles. The van der Waals surface area contributed by atoms with Crippen molar-refractivity contribution in [1.82, 2.24) is 19.8 Å². The highest BCUT2D eigenvalue weighted by Crippen LogP contribution is 2.21. The average Bonchev–Trinajstić information content (AvgIpc) is 2.87. The topological polar surface area (TPSA) is 66.4 Å². The number of likely N-dealkylation sites (tertiary alicyclic amines) is 1. The predicted octanol–water partition coefficient (Wildman–Crippen LogP) is 2.79. The van der Waals surface area contributed by atoms with Gasteiger partial charge in [0, 0.05) is 31.4 Å². The predicted molar refractivity (Wildman–Crippen MR) is 107 cm³/mol. The minimum absolute atomic E-state index is 0.0465. The summed E-state index contributed by atoms with van der Waals surface area (Å²) in [6.45, 7) is 4.48. The van der Waals surface area contributed by atoms with E-state index in [0.717, 1.165) is 43.6 Å². The van der Waals surface area contributed by atoms with Gasteiger partial charge in [-0.25, -0.2) is 9.97 Å². The van der Waals surface area contributed by atoms with Gasteiger partial charge in [-0.2, -0.15) is 0 Å². The largest absolute Gasteiger partial charge is 0.341 e. The summed E-state index contributed by atoms with van der Waals surface area (Å²) in [5.41, 5.74) is 2.24. The van der Waals surface area contributed by atoms with Crippen LogP contribution in [0.1, 0.15) is 42.2 Å². The summed E-state index contributed by atoms with van der Waals surface area (Å²) in [6.07, 6.45) is 5.35. The van der Waals surface area contributed by atoms with Crippen molar-refractivity contribution in [3.05, 3.63) is 47.8 Å². The molecule has 6 nitrogen and oxygen atoms in total. The zero-order valence-corrected chi connectivity index (χ0v) is 16.3. The van der Waals surface area contributed by atoms with Crippen LogP contribution in [0.3, 0.4) is 0 Å². The molecule has 4 rings (SSSR count). The smallest absolute Gasteiger partial charge is 0.257 e. The lowest BCUT2D eigenvalue weighted by atomic mass is 10.0. The van der Waals surface area contributed by atoms with E-state index < -0.39 is 0 Å². The van der Waals surface area contributed by atoms with Crippen LogP contribution in [0.15, 0.2) is 36.5 Å². The molecule has 0 aliphatic carbocycles. The lowest BCUT2D eigenvalue weighted by Gasteiger charge is -2.32. The Labute approximate surface area is 165 Å². The summed E-state index contributed by atoms with van der Waals surface area (Å²) < 4.78 is 0. The number of hydrogen-bond acceptors (Lipinski definition) is 4. The van der Waals surface area contributed by atoms with Crippen LogP contribution in [0.4, 0.5) is 0 Å². The molecule has 1 unspecified atom stereocenters. The van der Waals surface area contributed by atoms with Gasteiger partial charge in [-0.05, 0) is 31.6 Å². The molecule has 2 aliphatic rings. The first kappa shape index (κ1) is 18.6. The van der Waals surface area contributed by atoms with E-state index in [1.54, 1.807) is 11.1 Å². The van der Waals surface area contributed by atoms with E-state index in [0.29, 0.717) is 23.9 Å². The fraction of sp³-hybridized carbons (Fsp3) is 0.455. The molecule has 28 heavy (non-hydrogen) atoms. The summed E-state index contributed by atoms with van der Waals surface area (Å²) in [5, 5.41) is 0. The minimum Gasteiger partial charge on any atom is -0.341 e. The number of fused-ring (bicyclic) bond motifs is 1. The number of amides is 2. The molecule has 2 aliphatic heterocycles. The van der Waals surface area contributed by atoms with E-state index >= 15 is 0 Å². The van der Waals surface area contributed by atoms with Crippen LogP contribution in [0.25, 0.3) is 11.4 Å². The van der Waals surface area contributed by atoms with Crippen LogP contribution >= 0.6 is 0 Å². The van der Waals surface area contributed by atoms with Gasteiger partial charge in [0.2, 0.25) is 5.91 Å². The van der Waals surface area contributed by atoms with Crippen LogP contribution < -0.4 is 0 Å². The fourth-order valence-electron chi connectivity index (χ4n) is 4.05. The highest BCUT2D eigenvalue weighted by Gasteiger charge is 2.28. The fourth-order valence-corrected chi connectivity index (χ4v) is 4.05. The van der Waals surface area contributed by atoms with Crippen molar-refractivity contribution >= 4 is 11.8 Å². The summed E-state index contributed by atoms with van der Waals surface area (Å²) in [4.78, 5) is 38.4. The first-order valence-electron chi connectivity index (χ1n) is 10.1. The second kappa shape index (κ2) is 8.09. The van der Waals surface area contributed by atoms with Crippen molar-refractivity contribution in [2.24, 2.45) is 5.92 Å². The summed E-state index contributed by atoms with van der Waals surface area (Å²) in [6, 6.07) is 9.78. The number of rotatable bonds is 3. The van der Waals surface area contributed by atoms with Crippen molar-refractivity contribution in [1.29, 1.82) is 0 Å². The molecular weight excluding hydrogens is 352 g/mol. The minimum atomic E-state index is -0.134. The Hall–Kier alpha value is -2.76. The van der Waals surface area contributed by atoms with Crippen LogP contribution in [0.5, 0.6) is 0 Å². The molecule has 0 radical (unpaired) electrons. The molecule has 0 N–H and O–H groups in total. The van der Waals surface area contributed by atoms with E-state index in [-0.39, 0.29) is 18.4 Å². The van der Waals surface area contributed by atoms with Crippen molar-refractivity contribution in [3.8, 4) is 11.4 Å². The van der Waals surface area contributed by atoms with Crippen molar-refractivity contribution in [2.75, 3.05) is 26.2 Å². The molecule has 0 saturated carbocycles. The van der Waals surface area contributed by atoms with Crippen molar-refractivity contribution in [3.63, 3.8) is 0 Å². The molecule has 6 heteroatoms. The molecule has 2 amide bonds. The van der Waals surface area contributed by atoms with Gasteiger partial charge in [-0.3, -0.25) is 9.59 Å². The lowest BCUT2D eigenvalue weighted by Crippen LogP contribution is -2.46. The van der Waals surface area contributed by atoms with Crippen LogP contribution in [0, 0.1) is 5.92 Å². The maximum atomic E-state index is 13.0. The number of carbonyl (C=O) groups is 2. The first-order valence-corrected chi connectivity index (χ1v) is 10.1. The second-order valence-corrected chi connectivity index (χ2v) is 7.84. The lowest BCUT2D eigenvalue weighted by molar-refractivity contribution is -0.133. The van der Waals surface area contributed by atoms with Crippen molar-refractivity contribution in [2.45, 2.75) is 32.6 Å². The Morgan fingerprint density at radius 3 is 2.79 bits per heavy atom. The second-order valence-electron chi connectivity index (χ2n) is 7.84. The Kier molecular flexibility index (Phi) is 5.37. The van der Waals surface area contributed by atoms with Gasteiger partial charge < -0.3 is 9.80 Å². The highest BCUT2D eigenvalue weighted by molar-refractivity contribution is 5.97. The normalized spacial score (nSPS) is 19.9. The monoisotopic (exact) mass is 378 g/mol. The number of aromatic nitrogens is 2. The number of hydrogen-bond donors (Lipinski definition) is 0. The SMILES string of the molecule is CC1CCCN(C(=O)CN2CCCc3nc(-c4ccccc4)ncc3C2=O)C1. The molecule has 1 fully saturated rings. The third kappa shape index (κ3) is 3.91. The maximum absolute atomic E-state index is 13.0. The Morgan fingerprint density at radius 2 is 2.00 bits per heavy atom. The standard InChI is InChI=1S/C22H26N4O2/c1-16-7-5-11-25(14-16)20(27)15-26-12-6-10-19-18(22(26)28)13-23-21(24-19)17-8-3-2-4-9-17/h2-4,8-9,13,16H,5-7,10-12,14-15H2,1H3. The molecular formula is C22H26N4O2. The van der Waals surface area contributed by atoms with Gasteiger partial charge in [0.25, 0.3) is 5.91 Å². The summed E-state index contributed by atoms with van der Waals surface area (Å²) in [5.74, 6) is 1.08. The summed E-state index contributed by atoms with van der Waals surface area (Å²) >= 11 is 0. The van der Waals surface area contributed by atoms with Crippen LogP contribution in [-0.4, -0.2) is 57.8 Å². The average molecular weight is 378 g/mol. The number of aryl methyl sites for hydroxylation is 1. The molecule has 2 aromatic rings. The van der Waals surface area contributed by atoms with E-state index in [2.05, 4.69) is 16.9 Å². The molecule has 1 aromatic heterocycles. The highest BCUT2D eigenvalue weighted by atomic mass is 16.2. The quantitative estimate of drug-likeness (QED) is 0.824. The van der Waals surface area contributed by atoms with E-state index in [4.69, 9.17) is 0 Å². The van der Waals surface area contributed by atoms with Gasteiger partial charge >= 0.3 is 0 Å². The zero-order chi connectivity index (χ0) is 19.5. The number of nitrogens with zero attached hydrogens (tertiary/aromatic N) is 4. The van der Waals surface area contributed by atoms with Gasteiger partial charge in [-0.1, -0.05) is 37.3 Å². The molecule has 0 bridgehead atoms. The first-order chi connectivity index (χ1) is 13.6. The third-order valence-electron chi connectivity index (χ3n) is 5.59. The van der Waals surface area contributed by atoms with Gasteiger partial charge in [0.05, 0.1) is 11.3 Å². The van der Waals surface area contributed by atoms with Crippen molar-refractivity contribution < 1.29 is 9.59 Å². The Morgan fingerprint density at radius 1 is 1.18 bits per heavy atom. The van der Waals surface area contributed by atoms with E-state index in [9.17, 15) is 9.59 Å². The summed E-state index contributed by atoms with van der Waals surface area (Å²) in [7, 11) is 0. The zero-order valence-electron chi connectivity index (χ0n) is 16.3. The molecule has 0 spiro atoms. The number of carbonyl (C=O) groups excluding carboxylic acids is 2. The van der Waals surface area contributed by atoms with E-state index in [1.165, 1.54) is 6.42 Å². The number of benzene rings is 1. The Bertz CT molecular complexity index is 868. The molecule has 1 aromatic carbocycles. The van der Waals surface area contributed by atoms with Gasteiger partial charge in [0.15, 0.2) is 5.82 Å². The van der Waals surface area contributed by atoms with Gasteiger partial charge in [0.1, 0.15) is 6.54 Å². The number of piperidine rings is 1. The maximum Gasteiger partial charge on any atom is 0.257 e. The Balaban J connectivity index is 1.51. The molecule has 3 heterocycles. The van der Waals surface area contributed by atoms with Gasteiger partial charge in [-0.15, -0.1) is 0 Å². The molecule has 1 atom stereocenters. The third-order valence-corrected chi connectivity index (χ3v) is 5.59. The van der Waals surface area contributed by atoms with E-state index in [1.807, 2.05) is 35.2 Å².